The van der Waals surface area contributed by atoms with E-state index in [4.69, 9.17) is 4.74 Å². The van der Waals surface area contributed by atoms with Crippen LogP contribution in [0.4, 0.5) is 0 Å². The highest BCUT2D eigenvalue weighted by molar-refractivity contribution is 5.71. The number of hydrogen-bond acceptors (Lipinski definition) is 3. The maximum absolute atomic E-state index is 11.2. The van der Waals surface area contributed by atoms with E-state index < -0.39 is 5.60 Å². The SMILES string of the molecule is C=CC(C)(O)CC/C=C(\C)COC(=O)C(C)C. The summed E-state index contributed by atoms with van der Waals surface area (Å²) < 4.78 is 5.08. The average Bonchev–Trinajstić information content (AvgIpc) is 2.25. The standard InChI is InChI=1S/C14H24O3/c1-6-14(5,16)9-7-8-12(4)10-17-13(15)11(2)3/h6,8,11,16H,1,7,9-10H2,2-5H3/b12-8+. The summed E-state index contributed by atoms with van der Waals surface area (Å²) in [5.74, 6) is -0.278. The molecule has 0 saturated carbocycles. The van der Waals surface area contributed by atoms with Crippen molar-refractivity contribution >= 4 is 5.97 Å². The van der Waals surface area contributed by atoms with Gasteiger partial charge in [-0.25, -0.2) is 0 Å². The van der Waals surface area contributed by atoms with Crippen LogP contribution in [-0.4, -0.2) is 23.3 Å². The third kappa shape index (κ3) is 7.75. The maximum Gasteiger partial charge on any atom is 0.308 e. The second kappa shape index (κ2) is 7.28. The minimum Gasteiger partial charge on any atom is -0.461 e. The third-order valence-electron chi connectivity index (χ3n) is 2.50. The van der Waals surface area contributed by atoms with E-state index in [0.717, 1.165) is 12.0 Å². The summed E-state index contributed by atoms with van der Waals surface area (Å²) in [5.41, 5.74) is 0.171. The smallest absolute Gasteiger partial charge is 0.308 e. The molecule has 0 spiro atoms. The number of esters is 1. The number of ether oxygens (including phenoxy) is 1. The summed E-state index contributed by atoms with van der Waals surface area (Å²) in [7, 11) is 0. The minimum atomic E-state index is -0.828. The molecule has 0 amide bonds. The molecule has 1 unspecified atom stereocenters. The molecule has 0 fully saturated rings. The van der Waals surface area contributed by atoms with Crippen molar-refractivity contribution in [2.45, 2.75) is 46.1 Å². The van der Waals surface area contributed by atoms with Crippen LogP contribution in [0, 0.1) is 5.92 Å². The second-order valence-electron chi connectivity index (χ2n) is 4.91. The zero-order chi connectivity index (χ0) is 13.5. The fourth-order valence-corrected chi connectivity index (χ4v) is 1.12. The van der Waals surface area contributed by atoms with Crippen molar-refractivity contribution in [1.29, 1.82) is 0 Å². The van der Waals surface area contributed by atoms with Crippen LogP contribution in [0.1, 0.15) is 40.5 Å². The van der Waals surface area contributed by atoms with Crippen LogP contribution in [0.3, 0.4) is 0 Å². The van der Waals surface area contributed by atoms with Crippen molar-refractivity contribution < 1.29 is 14.6 Å². The van der Waals surface area contributed by atoms with Crippen LogP contribution < -0.4 is 0 Å². The first-order chi connectivity index (χ1) is 7.78. The van der Waals surface area contributed by atoms with Gasteiger partial charge in [-0.2, -0.15) is 0 Å². The highest BCUT2D eigenvalue weighted by atomic mass is 16.5. The van der Waals surface area contributed by atoms with Gasteiger partial charge in [0.15, 0.2) is 0 Å². The molecule has 0 rings (SSSR count). The largest absolute Gasteiger partial charge is 0.461 e. The summed E-state index contributed by atoms with van der Waals surface area (Å²) in [4.78, 5) is 11.2. The zero-order valence-corrected chi connectivity index (χ0v) is 11.3. The van der Waals surface area contributed by atoms with E-state index in [-0.39, 0.29) is 11.9 Å². The van der Waals surface area contributed by atoms with Crippen LogP contribution in [0.2, 0.25) is 0 Å². The quantitative estimate of drug-likeness (QED) is 0.550. The molecule has 3 nitrogen and oxygen atoms in total. The van der Waals surface area contributed by atoms with E-state index in [1.165, 1.54) is 6.08 Å². The molecule has 0 aromatic carbocycles. The van der Waals surface area contributed by atoms with Crippen LogP contribution in [-0.2, 0) is 9.53 Å². The van der Waals surface area contributed by atoms with Gasteiger partial charge in [-0.3, -0.25) is 4.79 Å². The molecule has 0 aliphatic heterocycles. The normalized spacial score (nSPS) is 15.5. The Kier molecular flexibility index (Phi) is 6.81. The number of hydrogen-bond donors (Lipinski definition) is 1. The second-order valence-corrected chi connectivity index (χ2v) is 4.91. The van der Waals surface area contributed by atoms with E-state index in [1.807, 2.05) is 26.8 Å². The zero-order valence-electron chi connectivity index (χ0n) is 11.3. The Morgan fingerprint density at radius 3 is 2.59 bits per heavy atom. The molecular formula is C14H24O3. The van der Waals surface area contributed by atoms with Crippen LogP contribution in [0.15, 0.2) is 24.3 Å². The Morgan fingerprint density at radius 2 is 2.12 bits per heavy atom. The molecule has 0 aliphatic rings. The average molecular weight is 240 g/mol. The maximum atomic E-state index is 11.2. The van der Waals surface area contributed by atoms with Crippen LogP contribution in [0.5, 0.6) is 0 Å². The number of rotatable bonds is 7. The van der Waals surface area contributed by atoms with E-state index in [1.54, 1.807) is 6.92 Å². The molecule has 1 N–H and O–H groups in total. The van der Waals surface area contributed by atoms with Crippen molar-refractivity contribution in [3.63, 3.8) is 0 Å². The minimum absolute atomic E-state index is 0.0932. The van der Waals surface area contributed by atoms with E-state index in [9.17, 15) is 9.90 Å². The highest BCUT2D eigenvalue weighted by Crippen LogP contribution is 2.14. The first-order valence-corrected chi connectivity index (χ1v) is 5.96. The van der Waals surface area contributed by atoms with Gasteiger partial charge in [0.05, 0.1) is 11.5 Å². The first-order valence-electron chi connectivity index (χ1n) is 5.96. The molecule has 0 saturated heterocycles. The van der Waals surface area contributed by atoms with Gasteiger partial charge < -0.3 is 9.84 Å². The van der Waals surface area contributed by atoms with E-state index in [2.05, 4.69) is 6.58 Å². The fourth-order valence-electron chi connectivity index (χ4n) is 1.12. The molecule has 0 heterocycles. The molecule has 0 aromatic heterocycles. The summed E-state index contributed by atoms with van der Waals surface area (Å²) in [6, 6.07) is 0. The van der Waals surface area contributed by atoms with Gasteiger partial charge in [0.2, 0.25) is 0 Å². The summed E-state index contributed by atoms with van der Waals surface area (Å²) in [6.07, 6.45) is 4.87. The topological polar surface area (TPSA) is 46.5 Å². The molecule has 98 valence electrons. The monoisotopic (exact) mass is 240 g/mol. The van der Waals surface area contributed by atoms with Crippen molar-refractivity contribution in [3.05, 3.63) is 24.3 Å². The number of allylic oxidation sites excluding steroid dienone is 1. The molecule has 1 atom stereocenters. The van der Waals surface area contributed by atoms with Gasteiger partial charge in [0.25, 0.3) is 0 Å². The van der Waals surface area contributed by atoms with E-state index in [0.29, 0.717) is 13.0 Å². The lowest BCUT2D eigenvalue weighted by Gasteiger charge is -2.17. The Bertz CT molecular complexity index is 288. The first kappa shape index (κ1) is 15.9. The number of carbonyl (C=O) groups is 1. The molecule has 0 aromatic rings. The van der Waals surface area contributed by atoms with Crippen molar-refractivity contribution in [3.8, 4) is 0 Å². The predicted molar refractivity (Wildman–Crippen MR) is 69.6 cm³/mol. The molecule has 17 heavy (non-hydrogen) atoms. The lowest BCUT2D eigenvalue weighted by atomic mass is 10.00. The molecule has 0 radical (unpaired) electrons. The molecule has 0 aliphatic carbocycles. The van der Waals surface area contributed by atoms with Gasteiger partial charge in [0, 0.05) is 0 Å². The summed E-state index contributed by atoms with van der Waals surface area (Å²) in [6.45, 7) is 11.1. The van der Waals surface area contributed by atoms with Crippen LogP contribution >= 0.6 is 0 Å². The van der Waals surface area contributed by atoms with Gasteiger partial charge in [-0.05, 0) is 32.3 Å². The van der Waals surface area contributed by atoms with E-state index >= 15 is 0 Å². The number of aliphatic hydroxyl groups is 1. The van der Waals surface area contributed by atoms with Crippen LogP contribution in [0.25, 0.3) is 0 Å². The van der Waals surface area contributed by atoms with Gasteiger partial charge in [-0.1, -0.05) is 26.0 Å². The molecule has 0 bridgehead atoms. The summed E-state index contributed by atoms with van der Waals surface area (Å²) >= 11 is 0. The third-order valence-corrected chi connectivity index (χ3v) is 2.50. The van der Waals surface area contributed by atoms with Crippen molar-refractivity contribution in [2.24, 2.45) is 5.92 Å². The van der Waals surface area contributed by atoms with Crippen molar-refractivity contribution in [2.75, 3.05) is 6.61 Å². The molecule has 3 heteroatoms. The Hall–Kier alpha value is -1.09. The summed E-state index contributed by atoms with van der Waals surface area (Å²) in [5, 5.41) is 9.69. The lowest BCUT2D eigenvalue weighted by molar-refractivity contribution is -0.146. The highest BCUT2D eigenvalue weighted by Gasteiger charge is 2.13. The fraction of sp³-hybridized carbons (Fsp3) is 0.643. The predicted octanol–water partition coefficient (Wildman–Crippen LogP) is 2.85. The van der Waals surface area contributed by atoms with Gasteiger partial charge in [-0.15, -0.1) is 6.58 Å². The number of carbonyl (C=O) groups excluding carboxylic acids is 1. The lowest BCUT2D eigenvalue weighted by Crippen LogP contribution is -2.19. The van der Waals surface area contributed by atoms with Gasteiger partial charge >= 0.3 is 5.97 Å². The molecular weight excluding hydrogens is 216 g/mol. The Balaban J connectivity index is 3.95. The van der Waals surface area contributed by atoms with Crippen molar-refractivity contribution in [1.82, 2.24) is 0 Å². The Morgan fingerprint density at radius 1 is 1.53 bits per heavy atom. The Labute approximate surface area is 104 Å². The van der Waals surface area contributed by atoms with Gasteiger partial charge in [0.1, 0.15) is 6.61 Å².